The number of amides is 3. The Morgan fingerprint density at radius 3 is 2.38 bits per heavy atom. The monoisotopic (exact) mass is 241 g/mol. The highest BCUT2D eigenvalue weighted by Gasteiger charge is 2.23. The maximum atomic E-state index is 11.4. The molecule has 0 bridgehead atoms. The number of thiophene rings is 1. The van der Waals surface area contributed by atoms with E-state index in [1.54, 1.807) is 11.4 Å². The Morgan fingerprint density at radius 2 is 1.94 bits per heavy atom. The Kier molecular flexibility index (Phi) is 4.01. The van der Waals surface area contributed by atoms with Crippen LogP contribution in [0.2, 0.25) is 0 Å². The second-order valence-corrected chi connectivity index (χ2v) is 3.89. The Bertz CT molecular complexity index is 388. The van der Waals surface area contributed by atoms with Gasteiger partial charge in [0.15, 0.2) is 6.04 Å². The molecule has 0 fully saturated rings. The molecule has 0 unspecified atom stereocenters. The lowest BCUT2D eigenvalue weighted by atomic mass is 10.2. The van der Waals surface area contributed by atoms with Crippen molar-refractivity contribution < 1.29 is 14.4 Å². The molecule has 3 amide bonds. The van der Waals surface area contributed by atoms with Gasteiger partial charge in [0, 0.05) is 0 Å². The molecule has 5 N–H and O–H groups in total. The van der Waals surface area contributed by atoms with Crippen LogP contribution in [0, 0.1) is 0 Å². The molecule has 0 saturated carbocycles. The Balaban J connectivity index is 2.56. The molecule has 1 heterocycles. The molecular weight excluding hydrogens is 230 g/mol. The lowest BCUT2D eigenvalue weighted by Gasteiger charge is -2.11. The zero-order valence-electron chi connectivity index (χ0n) is 8.30. The highest BCUT2D eigenvalue weighted by molar-refractivity contribution is 7.07. The van der Waals surface area contributed by atoms with Crippen molar-refractivity contribution in [1.82, 2.24) is 5.32 Å². The van der Waals surface area contributed by atoms with Crippen molar-refractivity contribution in [2.75, 3.05) is 0 Å². The largest absolute Gasteiger partial charge is 0.367 e. The van der Waals surface area contributed by atoms with Gasteiger partial charge in [0.2, 0.25) is 17.7 Å². The first-order chi connectivity index (χ1) is 7.50. The van der Waals surface area contributed by atoms with E-state index in [0.29, 0.717) is 0 Å². The maximum absolute atomic E-state index is 11.4. The van der Waals surface area contributed by atoms with Gasteiger partial charge >= 0.3 is 0 Å². The average molecular weight is 241 g/mol. The maximum Gasteiger partial charge on any atom is 0.249 e. The lowest BCUT2D eigenvalue weighted by Crippen LogP contribution is -2.52. The van der Waals surface area contributed by atoms with Crippen LogP contribution in [0.25, 0.3) is 0 Å². The third kappa shape index (κ3) is 3.35. The van der Waals surface area contributed by atoms with Crippen LogP contribution in [0.3, 0.4) is 0 Å². The predicted molar refractivity (Wildman–Crippen MR) is 58.3 cm³/mol. The summed E-state index contributed by atoms with van der Waals surface area (Å²) < 4.78 is 0. The Hall–Kier alpha value is -1.89. The number of nitrogens with one attached hydrogen (secondary N) is 1. The second kappa shape index (κ2) is 5.26. The first kappa shape index (κ1) is 12.2. The van der Waals surface area contributed by atoms with E-state index in [9.17, 15) is 14.4 Å². The summed E-state index contributed by atoms with van der Waals surface area (Å²) in [5.74, 6) is -2.40. The minimum absolute atomic E-state index is 0.0839. The van der Waals surface area contributed by atoms with Gasteiger partial charge < -0.3 is 16.8 Å². The molecule has 0 aromatic carbocycles. The number of hydrogen-bond acceptors (Lipinski definition) is 4. The zero-order chi connectivity index (χ0) is 12.1. The standard InChI is InChI=1S/C9H11N3O3S/c10-8(14)7(9(11)15)12-6(13)3-5-1-2-16-4-5/h1-2,4,7H,3H2,(H2,10,14)(H2,11,15)(H,12,13). The molecule has 1 rings (SSSR count). The number of hydrogen-bond donors (Lipinski definition) is 3. The van der Waals surface area contributed by atoms with Crippen LogP contribution < -0.4 is 16.8 Å². The third-order valence-corrected chi connectivity index (χ3v) is 2.55. The fourth-order valence-electron chi connectivity index (χ4n) is 1.07. The molecule has 16 heavy (non-hydrogen) atoms. The first-order valence-corrected chi connectivity index (χ1v) is 5.34. The van der Waals surface area contributed by atoms with E-state index in [0.717, 1.165) is 5.56 Å². The van der Waals surface area contributed by atoms with Gasteiger partial charge in [0.25, 0.3) is 0 Å². The van der Waals surface area contributed by atoms with Gasteiger partial charge in [-0.25, -0.2) is 0 Å². The van der Waals surface area contributed by atoms with Crippen LogP contribution in [-0.2, 0) is 20.8 Å². The van der Waals surface area contributed by atoms with Gasteiger partial charge in [-0.15, -0.1) is 0 Å². The van der Waals surface area contributed by atoms with E-state index in [1.807, 2.05) is 5.38 Å². The van der Waals surface area contributed by atoms with E-state index in [-0.39, 0.29) is 6.42 Å². The first-order valence-electron chi connectivity index (χ1n) is 4.39. The fraction of sp³-hybridized carbons (Fsp3) is 0.222. The van der Waals surface area contributed by atoms with Gasteiger partial charge in [-0.1, -0.05) is 0 Å². The average Bonchev–Trinajstić information content (AvgIpc) is 2.65. The van der Waals surface area contributed by atoms with Gasteiger partial charge in [0.1, 0.15) is 0 Å². The Labute approximate surface area is 95.6 Å². The smallest absolute Gasteiger partial charge is 0.249 e. The molecule has 86 valence electrons. The molecule has 0 spiro atoms. The van der Waals surface area contributed by atoms with Crippen molar-refractivity contribution in [3.8, 4) is 0 Å². The summed E-state index contributed by atoms with van der Waals surface area (Å²) in [7, 11) is 0. The normalized spacial score (nSPS) is 10.1. The van der Waals surface area contributed by atoms with Crippen LogP contribution in [0.1, 0.15) is 5.56 Å². The predicted octanol–water partition coefficient (Wildman–Crippen LogP) is -1.25. The molecule has 0 saturated heterocycles. The molecule has 6 nitrogen and oxygen atoms in total. The molecule has 1 aromatic rings. The van der Waals surface area contributed by atoms with E-state index >= 15 is 0 Å². The Morgan fingerprint density at radius 1 is 1.31 bits per heavy atom. The summed E-state index contributed by atoms with van der Waals surface area (Å²) in [4.78, 5) is 33.0. The van der Waals surface area contributed by atoms with E-state index in [4.69, 9.17) is 11.5 Å². The van der Waals surface area contributed by atoms with Crippen molar-refractivity contribution in [2.45, 2.75) is 12.5 Å². The van der Waals surface area contributed by atoms with E-state index in [2.05, 4.69) is 5.32 Å². The van der Waals surface area contributed by atoms with E-state index < -0.39 is 23.8 Å². The zero-order valence-corrected chi connectivity index (χ0v) is 9.12. The second-order valence-electron chi connectivity index (χ2n) is 3.11. The van der Waals surface area contributed by atoms with E-state index in [1.165, 1.54) is 11.3 Å². The number of carbonyl (C=O) groups is 3. The molecule has 1 aromatic heterocycles. The summed E-state index contributed by atoms with van der Waals surface area (Å²) >= 11 is 1.45. The summed E-state index contributed by atoms with van der Waals surface area (Å²) in [5, 5.41) is 5.79. The summed E-state index contributed by atoms with van der Waals surface area (Å²) in [6.45, 7) is 0. The topological polar surface area (TPSA) is 115 Å². The van der Waals surface area contributed by atoms with Crippen molar-refractivity contribution >= 4 is 29.1 Å². The molecule has 0 aliphatic rings. The molecule has 0 radical (unpaired) electrons. The number of rotatable bonds is 5. The minimum Gasteiger partial charge on any atom is -0.367 e. The quantitative estimate of drug-likeness (QED) is 0.559. The fourth-order valence-corrected chi connectivity index (χ4v) is 1.74. The minimum atomic E-state index is -1.45. The lowest BCUT2D eigenvalue weighted by molar-refractivity contribution is -0.133. The molecule has 0 aliphatic heterocycles. The third-order valence-electron chi connectivity index (χ3n) is 1.82. The van der Waals surface area contributed by atoms with Crippen LogP contribution in [0.4, 0.5) is 0 Å². The molecule has 7 heteroatoms. The van der Waals surface area contributed by atoms with Gasteiger partial charge in [-0.2, -0.15) is 11.3 Å². The summed E-state index contributed by atoms with van der Waals surface area (Å²) in [6, 6.07) is 0.319. The highest BCUT2D eigenvalue weighted by Crippen LogP contribution is 2.06. The number of carbonyl (C=O) groups excluding carboxylic acids is 3. The SMILES string of the molecule is NC(=O)C(NC(=O)Cc1ccsc1)C(N)=O. The van der Waals surface area contributed by atoms with Crippen molar-refractivity contribution in [2.24, 2.45) is 11.5 Å². The van der Waals surface area contributed by atoms with Crippen LogP contribution in [-0.4, -0.2) is 23.8 Å². The number of primary amides is 2. The van der Waals surface area contributed by atoms with Crippen LogP contribution in [0.5, 0.6) is 0 Å². The highest BCUT2D eigenvalue weighted by atomic mass is 32.1. The van der Waals surface area contributed by atoms with Crippen LogP contribution in [0.15, 0.2) is 16.8 Å². The molecule has 0 aliphatic carbocycles. The van der Waals surface area contributed by atoms with Crippen molar-refractivity contribution in [3.05, 3.63) is 22.4 Å². The van der Waals surface area contributed by atoms with Crippen molar-refractivity contribution in [3.63, 3.8) is 0 Å². The van der Waals surface area contributed by atoms with Gasteiger partial charge in [-0.3, -0.25) is 14.4 Å². The van der Waals surface area contributed by atoms with Crippen molar-refractivity contribution in [1.29, 1.82) is 0 Å². The summed E-state index contributed by atoms with van der Waals surface area (Å²) in [6.07, 6.45) is 0.0839. The van der Waals surface area contributed by atoms with Gasteiger partial charge in [-0.05, 0) is 22.4 Å². The molecule has 0 atom stereocenters. The van der Waals surface area contributed by atoms with Crippen LogP contribution >= 0.6 is 11.3 Å². The summed E-state index contributed by atoms with van der Waals surface area (Å²) in [5.41, 5.74) is 10.6. The molecular formula is C9H11N3O3S. The number of nitrogens with two attached hydrogens (primary N) is 2. The van der Waals surface area contributed by atoms with Gasteiger partial charge in [0.05, 0.1) is 6.42 Å².